The lowest BCUT2D eigenvalue weighted by atomic mass is 10.0. The van der Waals surface area contributed by atoms with Crippen LogP contribution in [-0.2, 0) is 11.3 Å². The molecule has 1 amide bonds. The van der Waals surface area contributed by atoms with Crippen LogP contribution in [0.15, 0.2) is 65.3 Å². The number of nitrogens with zero attached hydrogens (tertiary/aromatic N) is 1. The Morgan fingerprint density at radius 3 is 2.52 bits per heavy atom. The van der Waals surface area contributed by atoms with E-state index in [0.717, 1.165) is 11.1 Å². The van der Waals surface area contributed by atoms with Crippen molar-refractivity contribution in [1.82, 2.24) is 4.90 Å². The third-order valence-corrected chi connectivity index (χ3v) is 4.75. The van der Waals surface area contributed by atoms with Crippen LogP contribution in [0.2, 0.25) is 0 Å². The van der Waals surface area contributed by atoms with E-state index < -0.39 is 0 Å². The fraction of sp³-hybridized carbons (Fsp3) is 0.182. The molecule has 0 spiro atoms. The molecule has 0 saturated heterocycles. The zero-order valence-corrected chi connectivity index (χ0v) is 15.0. The summed E-state index contributed by atoms with van der Waals surface area (Å²) in [6, 6.07) is 16.5. The van der Waals surface area contributed by atoms with E-state index in [1.165, 1.54) is 0 Å². The maximum Gasteiger partial charge on any atom is 0.254 e. The van der Waals surface area contributed by atoms with Gasteiger partial charge < -0.3 is 14.1 Å². The molecule has 0 saturated carbocycles. The molecule has 1 aliphatic rings. The first kappa shape index (κ1) is 17.2. The summed E-state index contributed by atoms with van der Waals surface area (Å²) in [5.41, 5.74) is 3.54. The predicted octanol–water partition coefficient (Wildman–Crippen LogP) is 3.78. The Morgan fingerprint density at radius 2 is 1.78 bits per heavy atom. The standard InChI is InChI=1S/C22H19NO4/c1-26-12-10-23(14-16-5-4-11-27-16)22(25)15-8-9-18-17-6-2-3-7-19(17)21(24)20(18)13-15/h2-9,11,13H,10,12,14H2,1H3. The molecule has 2 aromatic carbocycles. The summed E-state index contributed by atoms with van der Waals surface area (Å²) in [4.78, 5) is 27.4. The molecule has 0 radical (unpaired) electrons. The van der Waals surface area contributed by atoms with Gasteiger partial charge in [0, 0.05) is 30.3 Å². The third kappa shape index (κ3) is 3.17. The zero-order chi connectivity index (χ0) is 18.8. The van der Waals surface area contributed by atoms with Crippen LogP contribution >= 0.6 is 0 Å². The summed E-state index contributed by atoms with van der Waals surface area (Å²) in [5.74, 6) is 0.504. The Hall–Kier alpha value is -3.18. The van der Waals surface area contributed by atoms with Gasteiger partial charge in [-0.15, -0.1) is 0 Å². The number of ether oxygens (including phenoxy) is 1. The Bertz CT molecular complexity index is 991. The normalized spacial score (nSPS) is 12.0. The lowest BCUT2D eigenvalue weighted by Gasteiger charge is -2.21. The quantitative estimate of drug-likeness (QED) is 0.524. The van der Waals surface area contributed by atoms with Crippen LogP contribution in [0.3, 0.4) is 0 Å². The maximum absolute atomic E-state index is 13.1. The second kappa shape index (κ2) is 7.21. The van der Waals surface area contributed by atoms with Crippen LogP contribution in [0.1, 0.15) is 32.0 Å². The number of fused-ring (bicyclic) bond motifs is 3. The van der Waals surface area contributed by atoms with Crippen molar-refractivity contribution in [1.29, 1.82) is 0 Å². The molecule has 4 rings (SSSR count). The zero-order valence-electron chi connectivity index (χ0n) is 15.0. The number of carbonyl (C=O) groups excluding carboxylic acids is 2. The highest BCUT2D eigenvalue weighted by atomic mass is 16.5. The smallest absolute Gasteiger partial charge is 0.254 e. The van der Waals surface area contributed by atoms with Crippen LogP contribution in [-0.4, -0.2) is 36.9 Å². The lowest BCUT2D eigenvalue weighted by Crippen LogP contribution is -2.33. The van der Waals surface area contributed by atoms with Gasteiger partial charge in [0.05, 0.1) is 19.4 Å². The number of benzene rings is 2. The molecule has 1 aliphatic carbocycles. The first-order chi connectivity index (χ1) is 13.2. The molecular formula is C22H19NO4. The van der Waals surface area contributed by atoms with Gasteiger partial charge in [-0.25, -0.2) is 0 Å². The van der Waals surface area contributed by atoms with E-state index in [1.807, 2.05) is 36.4 Å². The number of hydrogen-bond acceptors (Lipinski definition) is 4. The highest BCUT2D eigenvalue weighted by Crippen LogP contribution is 2.36. The van der Waals surface area contributed by atoms with Gasteiger partial charge >= 0.3 is 0 Å². The molecule has 136 valence electrons. The van der Waals surface area contributed by atoms with Crippen LogP contribution < -0.4 is 0 Å². The highest BCUT2D eigenvalue weighted by Gasteiger charge is 2.28. The van der Waals surface area contributed by atoms with Crippen molar-refractivity contribution < 1.29 is 18.7 Å². The van der Waals surface area contributed by atoms with E-state index in [1.54, 1.807) is 36.5 Å². The van der Waals surface area contributed by atoms with Crippen molar-refractivity contribution in [3.05, 3.63) is 83.3 Å². The van der Waals surface area contributed by atoms with Crippen LogP contribution in [0.5, 0.6) is 0 Å². The monoisotopic (exact) mass is 361 g/mol. The van der Waals surface area contributed by atoms with Crippen LogP contribution in [0.4, 0.5) is 0 Å². The van der Waals surface area contributed by atoms with E-state index >= 15 is 0 Å². The Balaban J connectivity index is 1.64. The molecule has 0 N–H and O–H groups in total. The Labute approximate surface area is 157 Å². The molecule has 0 unspecified atom stereocenters. The topological polar surface area (TPSA) is 59.8 Å². The number of methoxy groups -OCH3 is 1. The average molecular weight is 361 g/mol. The summed E-state index contributed by atoms with van der Waals surface area (Å²) < 4.78 is 10.5. The minimum absolute atomic E-state index is 0.0373. The first-order valence-electron chi connectivity index (χ1n) is 8.78. The van der Waals surface area contributed by atoms with Crippen molar-refractivity contribution in [3.63, 3.8) is 0 Å². The SMILES string of the molecule is COCCN(Cc1ccco1)C(=O)c1ccc2c(c1)C(=O)c1ccccc1-2. The van der Waals surface area contributed by atoms with Crippen molar-refractivity contribution in [2.24, 2.45) is 0 Å². The van der Waals surface area contributed by atoms with E-state index in [-0.39, 0.29) is 11.7 Å². The van der Waals surface area contributed by atoms with Gasteiger partial charge in [0.1, 0.15) is 5.76 Å². The van der Waals surface area contributed by atoms with Gasteiger partial charge in [-0.2, -0.15) is 0 Å². The molecule has 1 heterocycles. The van der Waals surface area contributed by atoms with Crippen LogP contribution in [0, 0.1) is 0 Å². The second-order valence-corrected chi connectivity index (χ2v) is 6.43. The van der Waals surface area contributed by atoms with Gasteiger partial charge in [0.25, 0.3) is 5.91 Å². The molecule has 0 fully saturated rings. The lowest BCUT2D eigenvalue weighted by molar-refractivity contribution is 0.0666. The van der Waals surface area contributed by atoms with Gasteiger partial charge in [0.2, 0.25) is 0 Å². The molecule has 5 heteroatoms. The Kier molecular flexibility index (Phi) is 4.60. The number of furan rings is 1. The molecule has 0 atom stereocenters. The fourth-order valence-electron chi connectivity index (χ4n) is 3.39. The number of hydrogen-bond donors (Lipinski definition) is 0. The molecule has 1 aromatic heterocycles. The second-order valence-electron chi connectivity index (χ2n) is 6.43. The summed E-state index contributed by atoms with van der Waals surface area (Å²) in [5, 5.41) is 0. The summed E-state index contributed by atoms with van der Waals surface area (Å²) in [6.07, 6.45) is 1.58. The van der Waals surface area contributed by atoms with E-state index in [0.29, 0.717) is 42.1 Å². The number of ketones is 1. The third-order valence-electron chi connectivity index (χ3n) is 4.75. The largest absolute Gasteiger partial charge is 0.467 e. The summed E-state index contributed by atoms with van der Waals surface area (Å²) in [7, 11) is 1.60. The van der Waals surface area contributed by atoms with Gasteiger partial charge in [-0.1, -0.05) is 30.3 Å². The Morgan fingerprint density at radius 1 is 1.00 bits per heavy atom. The van der Waals surface area contributed by atoms with Crippen molar-refractivity contribution in [2.75, 3.05) is 20.3 Å². The minimum atomic E-state index is -0.157. The molecular weight excluding hydrogens is 342 g/mol. The van der Waals surface area contributed by atoms with E-state index in [2.05, 4.69) is 0 Å². The average Bonchev–Trinajstić information content (AvgIpc) is 3.31. The van der Waals surface area contributed by atoms with E-state index in [4.69, 9.17) is 9.15 Å². The molecule has 5 nitrogen and oxygen atoms in total. The van der Waals surface area contributed by atoms with Gasteiger partial charge in [0.15, 0.2) is 5.78 Å². The highest BCUT2D eigenvalue weighted by molar-refractivity contribution is 6.22. The maximum atomic E-state index is 13.1. The summed E-state index contributed by atoms with van der Waals surface area (Å²) in [6.45, 7) is 1.20. The first-order valence-corrected chi connectivity index (χ1v) is 8.78. The van der Waals surface area contributed by atoms with Crippen molar-refractivity contribution >= 4 is 11.7 Å². The van der Waals surface area contributed by atoms with Gasteiger partial charge in [-0.05, 0) is 35.4 Å². The van der Waals surface area contributed by atoms with E-state index in [9.17, 15) is 9.59 Å². The van der Waals surface area contributed by atoms with Gasteiger partial charge in [-0.3, -0.25) is 9.59 Å². The van der Waals surface area contributed by atoms with Crippen LogP contribution in [0.25, 0.3) is 11.1 Å². The number of amides is 1. The molecule has 0 bridgehead atoms. The molecule has 27 heavy (non-hydrogen) atoms. The fourth-order valence-corrected chi connectivity index (χ4v) is 3.39. The number of carbonyl (C=O) groups is 2. The summed E-state index contributed by atoms with van der Waals surface area (Å²) >= 11 is 0. The molecule has 0 aliphatic heterocycles. The number of rotatable bonds is 6. The minimum Gasteiger partial charge on any atom is -0.467 e. The van der Waals surface area contributed by atoms with Crippen molar-refractivity contribution in [2.45, 2.75) is 6.54 Å². The predicted molar refractivity (Wildman–Crippen MR) is 101 cm³/mol. The van der Waals surface area contributed by atoms with Crippen molar-refractivity contribution in [3.8, 4) is 11.1 Å². The molecule has 3 aromatic rings.